The van der Waals surface area contributed by atoms with Gasteiger partial charge in [0.15, 0.2) is 5.75 Å². The van der Waals surface area contributed by atoms with Crippen molar-refractivity contribution in [3.8, 4) is 33.8 Å². The van der Waals surface area contributed by atoms with E-state index in [1.165, 1.54) is 0 Å². The molecule has 1 aliphatic heterocycles. The van der Waals surface area contributed by atoms with Crippen LogP contribution in [0.5, 0.6) is 11.5 Å². The first kappa shape index (κ1) is 69.1. The van der Waals surface area contributed by atoms with E-state index >= 15 is 0 Å². The van der Waals surface area contributed by atoms with Crippen molar-refractivity contribution in [3.63, 3.8) is 0 Å². The van der Waals surface area contributed by atoms with Crippen molar-refractivity contribution < 1.29 is 9.47 Å². The molecule has 0 N–H and O–H groups in total. The molecule has 18 aromatic rings. The van der Waals surface area contributed by atoms with E-state index in [1.807, 2.05) is 0 Å². The van der Waals surface area contributed by atoms with Gasteiger partial charge in [-0.15, -0.1) is 0 Å². The van der Waals surface area contributed by atoms with E-state index < -0.39 is 5.79 Å². The van der Waals surface area contributed by atoms with Gasteiger partial charge in [-0.2, -0.15) is 0 Å². The lowest BCUT2D eigenvalue weighted by Crippen LogP contribution is -2.50. The van der Waals surface area contributed by atoms with Crippen LogP contribution in [0.1, 0.15) is 11.1 Å². The van der Waals surface area contributed by atoms with Gasteiger partial charge in [0.05, 0.1) is 41.0 Å². The van der Waals surface area contributed by atoms with Gasteiger partial charge in [0.1, 0.15) is 5.75 Å². The number of para-hydroxylation sites is 10. The predicted molar refractivity (Wildman–Crippen MR) is 478 cm³/mol. The molecule has 1 heterocycles. The minimum Gasteiger partial charge on any atom is -0.451 e. The highest BCUT2D eigenvalue weighted by Gasteiger charge is 2.46. The zero-order chi connectivity index (χ0) is 76.4. The molecule has 20 rings (SSSR count). The third kappa shape index (κ3) is 13.3. The fourth-order valence-corrected chi connectivity index (χ4v) is 16.9. The van der Waals surface area contributed by atoms with Crippen molar-refractivity contribution in [2.24, 2.45) is 0 Å². The van der Waals surface area contributed by atoms with Gasteiger partial charge in [-0.1, -0.05) is 249 Å². The van der Waals surface area contributed by atoms with Crippen molar-refractivity contribution in [3.05, 3.63) is 460 Å². The molecule has 0 saturated carbocycles. The zero-order valence-corrected chi connectivity index (χ0v) is 63.1. The standard InChI is InChI=1S/C107H78N6O2/c1-11-31-84(32-12-1)108(85-33-13-2-14-34-85)94-62-51-77(52-63-94)79-55-66-96(67-56-79)111(90-43-23-7-24-44-90)99-70-60-82-75-107(114-102-74-98(110(88-39-19-5-20-40-88)89-41-21-6-22-42-89)73-81-59-72-101(106(115-107)104(81)102)113(92-47-27-9-28-48-92)93-49-29-10-30-50-93)76-83-61-71-100(105(99)103(82)83)112(91-45-25-8-26-46-91)97-68-57-80(58-69-97)78-53-64-95(65-54-78)109(86-35-15-3-16-36-86)87-37-17-4-18-38-87/h1-74H,75-76H2. The average Bonchev–Trinajstić information content (AvgIpc) is 0.706. The summed E-state index contributed by atoms with van der Waals surface area (Å²) in [6.07, 6.45) is 0.829. The average molecular weight is 1480 g/mol. The molecule has 548 valence electrons. The van der Waals surface area contributed by atoms with Crippen LogP contribution in [0.4, 0.5) is 102 Å². The molecule has 0 amide bonds. The van der Waals surface area contributed by atoms with Crippen LogP contribution in [0.2, 0.25) is 0 Å². The lowest BCUT2D eigenvalue weighted by Gasteiger charge is -2.44. The number of anilines is 18. The van der Waals surface area contributed by atoms with Crippen LogP contribution in [-0.4, -0.2) is 5.79 Å². The number of hydrogen-bond acceptors (Lipinski definition) is 8. The molecule has 0 unspecified atom stereocenters. The quantitative estimate of drug-likeness (QED) is 0.0747. The lowest BCUT2D eigenvalue weighted by atomic mass is 9.82. The van der Waals surface area contributed by atoms with Crippen molar-refractivity contribution in [1.82, 2.24) is 0 Å². The van der Waals surface area contributed by atoms with Crippen molar-refractivity contribution in [2.45, 2.75) is 18.6 Å². The molecule has 2 aliphatic rings. The molecule has 18 aromatic carbocycles. The summed E-state index contributed by atoms with van der Waals surface area (Å²) in [6.45, 7) is 0. The molecular formula is C107H78N6O2. The summed E-state index contributed by atoms with van der Waals surface area (Å²) in [5.41, 5.74) is 25.2. The van der Waals surface area contributed by atoms with Crippen LogP contribution < -0.4 is 38.9 Å². The second-order valence-electron chi connectivity index (χ2n) is 29.2. The van der Waals surface area contributed by atoms with Crippen LogP contribution >= 0.6 is 0 Å². The maximum Gasteiger partial charge on any atom is 0.259 e. The van der Waals surface area contributed by atoms with Crippen LogP contribution in [-0.2, 0) is 12.8 Å². The first-order chi connectivity index (χ1) is 57.0. The van der Waals surface area contributed by atoms with Gasteiger partial charge in [-0.05, 0) is 238 Å². The highest BCUT2D eigenvalue weighted by Crippen LogP contribution is 2.57. The van der Waals surface area contributed by atoms with Gasteiger partial charge < -0.3 is 38.9 Å². The Hall–Kier alpha value is -15.1. The van der Waals surface area contributed by atoms with Crippen LogP contribution in [0, 0.1) is 0 Å². The van der Waals surface area contributed by atoms with E-state index in [4.69, 9.17) is 9.47 Å². The van der Waals surface area contributed by atoms with E-state index in [-0.39, 0.29) is 0 Å². The summed E-state index contributed by atoms with van der Waals surface area (Å²) >= 11 is 0. The Bertz CT molecular complexity index is 6000. The molecular weight excluding hydrogens is 1400 g/mol. The SMILES string of the molecule is c1ccc(N(c2ccccc2)c2ccc(-c3ccc(N(c4ccccc4)c4ccc5c6c(ccc(N(c7ccccc7)c7ccc(-c8ccc(N(c9ccccc9)c9ccccc9)cc8)cc7)c46)CC4(C5)Oc5cc(N(c6ccccc6)c6ccccc6)cc6ccc(N(c7ccccc7)c7ccccc7)c(c56)O4)cc3)cc2)cc1. The summed E-state index contributed by atoms with van der Waals surface area (Å²) in [4.78, 5) is 14.1. The second-order valence-corrected chi connectivity index (χ2v) is 29.2. The first-order valence-corrected chi connectivity index (χ1v) is 39.3. The minimum atomic E-state index is -1.23. The summed E-state index contributed by atoms with van der Waals surface area (Å²) in [5, 5.41) is 4.14. The fourth-order valence-electron chi connectivity index (χ4n) is 16.9. The topological polar surface area (TPSA) is 37.9 Å². The number of benzene rings is 18. The van der Waals surface area contributed by atoms with Gasteiger partial charge in [0.2, 0.25) is 0 Å². The van der Waals surface area contributed by atoms with E-state index in [2.05, 4.69) is 478 Å². The maximum absolute atomic E-state index is 7.99. The fraction of sp³-hybridized carbons (Fsp3) is 0.0280. The largest absolute Gasteiger partial charge is 0.451 e. The highest BCUT2D eigenvalue weighted by molar-refractivity contribution is 6.12. The molecule has 8 nitrogen and oxygen atoms in total. The molecule has 1 spiro atoms. The molecule has 1 aliphatic carbocycles. The Balaban J connectivity index is 0.747. The predicted octanol–water partition coefficient (Wildman–Crippen LogP) is 29.4. The number of ether oxygens (including phenoxy) is 2. The molecule has 0 radical (unpaired) electrons. The van der Waals surface area contributed by atoms with E-state index in [0.717, 1.165) is 169 Å². The third-order valence-electron chi connectivity index (χ3n) is 22.1. The minimum absolute atomic E-state index is 0.415. The van der Waals surface area contributed by atoms with Gasteiger partial charge in [-0.3, -0.25) is 0 Å². The molecule has 115 heavy (non-hydrogen) atoms. The number of nitrogens with zero attached hydrogens (tertiary/aromatic N) is 6. The Kier molecular flexibility index (Phi) is 18.2. The Labute approximate surface area is 671 Å². The Morgan fingerprint density at radius 2 is 0.426 bits per heavy atom. The summed E-state index contributed by atoms with van der Waals surface area (Å²) in [6, 6.07) is 161. The number of rotatable bonds is 20. The Morgan fingerprint density at radius 3 is 0.722 bits per heavy atom. The van der Waals surface area contributed by atoms with E-state index in [1.54, 1.807) is 0 Å². The second kappa shape index (κ2) is 30.3. The van der Waals surface area contributed by atoms with Gasteiger partial charge in [-0.25, -0.2) is 0 Å². The molecule has 0 fully saturated rings. The summed E-state index contributed by atoms with van der Waals surface area (Å²) in [5.74, 6) is 0.265. The third-order valence-corrected chi connectivity index (χ3v) is 22.1. The normalized spacial score (nSPS) is 12.3. The monoisotopic (exact) mass is 1480 g/mol. The van der Waals surface area contributed by atoms with Gasteiger partial charge >= 0.3 is 0 Å². The molecule has 0 saturated heterocycles. The van der Waals surface area contributed by atoms with Crippen LogP contribution in [0.3, 0.4) is 0 Å². The molecule has 8 heteroatoms. The Morgan fingerprint density at radius 1 is 0.183 bits per heavy atom. The molecule has 0 aromatic heterocycles. The highest BCUT2D eigenvalue weighted by atomic mass is 16.7. The van der Waals surface area contributed by atoms with E-state index in [0.29, 0.717) is 12.8 Å². The zero-order valence-electron chi connectivity index (χ0n) is 63.1. The van der Waals surface area contributed by atoms with Crippen LogP contribution in [0.15, 0.2) is 449 Å². The summed E-state index contributed by atoms with van der Waals surface area (Å²) in [7, 11) is 0. The van der Waals surface area contributed by atoms with Crippen LogP contribution in [0.25, 0.3) is 43.8 Å². The van der Waals surface area contributed by atoms with Crippen molar-refractivity contribution >= 4 is 124 Å². The first-order valence-electron chi connectivity index (χ1n) is 39.3. The lowest BCUT2D eigenvalue weighted by molar-refractivity contribution is -0.118. The number of hydrogen-bond donors (Lipinski definition) is 0. The van der Waals surface area contributed by atoms with Crippen molar-refractivity contribution in [2.75, 3.05) is 29.4 Å². The van der Waals surface area contributed by atoms with Gasteiger partial charge in [0.25, 0.3) is 5.79 Å². The van der Waals surface area contributed by atoms with E-state index in [9.17, 15) is 0 Å². The maximum atomic E-state index is 7.99. The smallest absolute Gasteiger partial charge is 0.259 e. The van der Waals surface area contributed by atoms with Gasteiger partial charge in [0, 0.05) is 91.1 Å². The summed E-state index contributed by atoms with van der Waals surface area (Å²) < 4.78 is 15.9. The molecule has 0 atom stereocenters. The van der Waals surface area contributed by atoms with Crippen molar-refractivity contribution in [1.29, 1.82) is 0 Å². The molecule has 0 bridgehead atoms.